The number of anilines is 1. The standard InChI is InChI=1S/C21H25N3O3/c1-14-5-8-18(16(3)11-14)22-13-21(26)24-23-20(25)10-7-17-12-15(2)6-9-19(17)27-4/h5-12,22H,13H2,1-4H3,(H,23,25)(H,24,26)/b10-7+. The normalized spacial score (nSPS) is 10.5. The van der Waals surface area contributed by atoms with Crippen LogP contribution in [0, 0.1) is 20.8 Å². The van der Waals surface area contributed by atoms with E-state index in [1.54, 1.807) is 13.2 Å². The number of ether oxygens (including phenoxy) is 1. The SMILES string of the molecule is COc1ccc(C)cc1/C=C/C(=O)NNC(=O)CNc1ccc(C)cc1C. The Balaban J connectivity index is 1.82. The van der Waals surface area contributed by atoms with Gasteiger partial charge in [-0.1, -0.05) is 29.3 Å². The maximum atomic E-state index is 11.9. The van der Waals surface area contributed by atoms with Gasteiger partial charge in [-0.15, -0.1) is 0 Å². The first-order chi connectivity index (χ1) is 12.9. The Hall–Kier alpha value is -3.28. The molecular formula is C21H25N3O3. The highest BCUT2D eigenvalue weighted by Gasteiger charge is 2.05. The summed E-state index contributed by atoms with van der Waals surface area (Å²) in [7, 11) is 1.57. The summed E-state index contributed by atoms with van der Waals surface area (Å²) in [6, 6.07) is 11.6. The quantitative estimate of drug-likeness (QED) is 0.542. The van der Waals surface area contributed by atoms with Crippen LogP contribution in [0.1, 0.15) is 22.3 Å². The fourth-order valence-corrected chi connectivity index (χ4v) is 2.55. The highest BCUT2D eigenvalue weighted by Crippen LogP contribution is 2.20. The molecule has 0 heterocycles. The van der Waals surface area contributed by atoms with Gasteiger partial charge in [-0.25, -0.2) is 0 Å². The summed E-state index contributed by atoms with van der Waals surface area (Å²) in [6.45, 7) is 6.00. The Morgan fingerprint density at radius 1 is 1.00 bits per heavy atom. The molecule has 0 aliphatic carbocycles. The Morgan fingerprint density at radius 2 is 1.70 bits per heavy atom. The van der Waals surface area contributed by atoms with Gasteiger partial charge >= 0.3 is 0 Å². The van der Waals surface area contributed by atoms with Gasteiger partial charge in [0.05, 0.1) is 13.7 Å². The number of aryl methyl sites for hydroxylation is 3. The molecule has 0 radical (unpaired) electrons. The third kappa shape index (κ3) is 6.18. The molecule has 6 nitrogen and oxygen atoms in total. The lowest BCUT2D eigenvalue weighted by Gasteiger charge is -2.10. The van der Waals surface area contributed by atoms with E-state index in [4.69, 9.17) is 4.74 Å². The van der Waals surface area contributed by atoms with Gasteiger partial charge in [-0.05, 0) is 50.6 Å². The lowest BCUT2D eigenvalue weighted by molar-refractivity contribution is -0.125. The second-order valence-electron chi connectivity index (χ2n) is 6.29. The molecule has 2 aromatic carbocycles. The fraction of sp³-hybridized carbons (Fsp3) is 0.238. The smallest absolute Gasteiger partial charge is 0.262 e. The summed E-state index contributed by atoms with van der Waals surface area (Å²) >= 11 is 0. The second-order valence-corrected chi connectivity index (χ2v) is 6.29. The number of carbonyl (C=O) groups excluding carboxylic acids is 2. The minimum atomic E-state index is -0.432. The van der Waals surface area contributed by atoms with Crippen molar-refractivity contribution in [1.82, 2.24) is 10.9 Å². The summed E-state index contributed by atoms with van der Waals surface area (Å²) in [5, 5.41) is 3.04. The van der Waals surface area contributed by atoms with Crippen molar-refractivity contribution >= 4 is 23.6 Å². The number of hydrogen-bond acceptors (Lipinski definition) is 4. The molecule has 2 rings (SSSR count). The lowest BCUT2D eigenvalue weighted by atomic mass is 10.1. The molecule has 142 valence electrons. The molecule has 6 heteroatoms. The van der Waals surface area contributed by atoms with Crippen LogP contribution in [-0.2, 0) is 9.59 Å². The van der Waals surface area contributed by atoms with Crippen LogP contribution in [0.15, 0.2) is 42.5 Å². The third-order valence-electron chi connectivity index (χ3n) is 3.95. The highest BCUT2D eigenvalue weighted by atomic mass is 16.5. The van der Waals surface area contributed by atoms with Gasteiger partial charge in [0.15, 0.2) is 0 Å². The first-order valence-electron chi connectivity index (χ1n) is 8.61. The first-order valence-corrected chi connectivity index (χ1v) is 8.61. The van der Waals surface area contributed by atoms with E-state index in [9.17, 15) is 9.59 Å². The monoisotopic (exact) mass is 367 g/mol. The Bertz CT molecular complexity index is 860. The lowest BCUT2D eigenvalue weighted by Crippen LogP contribution is -2.43. The fourth-order valence-electron chi connectivity index (χ4n) is 2.55. The zero-order chi connectivity index (χ0) is 19.8. The van der Waals surface area contributed by atoms with E-state index < -0.39 is 5.91 Å². The molecule has 0 bridgehead atoms. The first kappa shape index (κ1) is 20.0. The van der Waals surface area contributed by atoms with Crippen LogP contribution in [0.5, 0.6) is 5.75 Å². The number of rotatable bonds is 6. The van der Waals surface area contributed by atoms with Crippen LogP contribution in [0.3, 0.4) is 0 Å². The van der Waals surface area contributed by atoms with Crippen LogP contribution < -0.4 is 20.9 Å². The summed E-state index contributed by atoms with van der Waals surface area (Å²) < 4.78 is 5.26. The van der Waals surface area contributed by atoms with E-state index in [2.05, 4.69) is 16.2 Å². The highest BCUT2D eigenvalue weighted by molar-refractivity contribution is 5.93. The molecule has 0 saturated heterocycles. The van der Waals surface area contributed by atoms with E-state index in [0.717, 1.165) is 27.9 Å². The predicted octanol–water partition coefficient (Wildman–Crippen LogP) is 2.89. The van der Waals surface area contributed by atoms with Gasteiger partial charge in [0.2, 0.25) is 0 Å². The molecule has 27 heavy (non-hydrogen) atoms. The van der Waals surface area contributed by atoms with Crippen molar-refractivity contribution in [3.63, 3.8) is 0 Å². The minimum absolute atomic E-state index is 0.0552. The van der Waals surface area contributed by atoms with Crippen LogP contribution in [0.2, 0.25) is 0 Å². The van der Waals surface area contributed by atoms with Gasteiger partial charge in [0.25, 0.3) is 11.8 Å². The summed E-state index contributed by atoms with van der Waals surface area (Å²) in [5.41, 5.74) is 9.68. The van der Waals surface area contributed by atoms with E-state index >= 15 is 0 Å². The number of methoxy groups -OCH3 is 1. The second kappa shape index (κ2) is 9.43. The van der Waals surface area contributed by atoms with Gasteiger partial charge in [-0.2, -0.15) is 0 Å². The van der Waals surface area contributed by atoms with Crippen molar-refractivity contribution in [1.29, 1.82) is 0 Å². The molecule has 2 amide bonds. The third-order valence-corrected chi connectivity index (χ3v) is 3.95. The van der Waals surface area contributed by atoms with Gasteiger partial charge in [0, 0.05) is 17.3 Å². The molecule has 2 aromatic rings. The largest absolute Gasteiger partial charge is 0.496 e. The maximum absolute atomic E-state index is 11.9. The Morgan fingerprint density at radius 3 is 2.41 bits per heavy atom. The maximum Gasteiger partial charge on any atom is 0.262 e. The molecule has 0 aliphatic rings. The summed E-state index contributed by atoms with van der Waals surface area (Å²) in [6.07, 6.45) is 2.98. The van der Waals surface area contributed by atoms with Gasteiger partial charge in [-0.3, -0.25) is 20.4 Å². The van der Waals surface area contributed by atoms with Crippen molar-refractivity contribution in [3.05, 3.63) is 64.7 Å². The van der Waals surface area contributed by atoms with E-state index in [0.29, 0.717) is 5.75 Å². The van der Waals surface area contributed by atoms with Crippen LogP contribution in [0.4, 0.5) is 5.69 Å². The molecule has 0 aliphatic heterocycles. The summed E-state index contributed by atoms with van der Waals surface area (Å²) in [5.74, 6) is -0.102. The molecule has 0 unspecified atom stereocenters. The van der Waals surface area contributed by atoms with Crippen molar-refractivity contribution < 1.29 is 14.3 Å². The van der Waals surface area contributed by atoms with Crippen LogP contribution in [0.25, 0.3) is 6.08 Å². The van der Waals surface area contributed by atoms with E-state index in [-0.39, 0.29) is 12.5 Å². The van der Waals surface area contributed by atoms with Crippen molar-refractivity contribution in [2.45, 2.75) is 20.8 Å². The minimum Gasteiger partial charge on any atom is -0.496 e. The number of amides is 2. The van der Waals surface area contributed by atoms with Crippen LogP contribution in [-0.4, -0.2) is 25.5 Å². The zero-order valence-corrected chi connectivity index (χ0v) is 16.1. The topological polar surface area (TPSA) is 79.5 Å². The number of benzene rings is 2. The zero-order valence-electron chi connectivity index (χ0n) is 16.1. The van der Waals surface area contributed by atoms with Gasteiger partial charge in [0.1, 0.15) is 5.75 Å². The molecule has 0 saturated carbocycles. The molecule has 0 atom stereocenters. The molecular weight excluding hydrogens is 342 g/mol. The van der Waals surface area contributed by atoms with Crippen molar-refractivity contribution in [2.75, 3.05) is 19.0 Å². The van der Waals surface area contributed by atoms with E-state index in [1.165, 1.54) is 6.08 Å². The molecule has 0 fully saturated rings. The predicted molar refractivity (Wildman–Crippen MR) is 107 cm³/mol. The van der Waals surface area contributed by atoms with Crippen molar-refractivity contribution in [2.24, 2.45) is 0 Å². The number of carbonyl (C=O) groups is 2. The number of nitrogens with one attached hydrogen (secondary N) is 3. The van der Waals surface area contributed by atoms with Crippen LogP contribution >= 0.6 is 0 Å². The Kier molecular flexibility index (Phi) is 7.00. The molecule has 3 N–H and O–H groups in total. The molecule has 0 aromatic heterocycles. The average Bonchev–Trinajstić information content (AvgIpc) is 2.64. The average molecular weight is 367 g/mol. The van der Waals surface area contributed by atoms with Crippen molar-refractivity contribution in [3.8, 4) is 5.75 Å². The Labute approximate surface area is 159 Å². The number of hydrogen-bond donors (Lipinski definition) is 3. The van der Waals surface area contributed by atoms with E-state index in [1.807, 2.05) is 57.2 Å². The molecule has 0 spiro atoms. The summed E-state index contributed by atoms with van der Waals surface area (Å²) in [4.78, 5) is 23.8. The number of hydrazine groups is 1. The van der Waals surface area contributed by atoms with Gasteiger partial charge < -0.3 is 10.1 Å².